The van der Waals surface area contributed by atoms with Gasteiger partial charge in [-0.05, 0) is 39.7 Å². The fourth-order valence-electron chi connectivity index (χ4n) is 3.11. The molecular formula is C20H23BrN2O4S2. The summed E-state index contributed by atoms with van der Waals surface area (Å²) in [5.74, 6) is 0. The summed E-state index contributed by atoms with van der Waals surface area (Å²) in [5.41, 5.74) is 1.13. The normalized spacial score (nSPS) is 17.0. The second-order valence-corrected chi connectivity index (χ2v) is 11.7. The molecule has 0 bridgehead atoms. The Morgan fingerprint density at radius 2 is 1.62 bits per heavy atom. The molecule has 3 rings (SSSR count). The molecule has 0 atom stereocenters. The average molecular weight is 499 g/mol. The van der Waals surface area contributed by atoms with Crippen molar-refractivity contribution in [2.45, 2.75) is 9.79 Å². The lowest BCUT2D eigenvalue weighted by Crippen LogP contribution is -2.48. The molecular weight excluding hydrogens is 476 g/mol. The van der Waals surface area contributed by atoms with Crippen LogP contribution in [0.4, 0.5) is 0 Å². The van der Waals surface area contributed by atoms with Crippen molar-refractivity contribution in [2.75, 3.05) is 39.0 Å². The lowest BCUT2D eigenvalue weighted by atomic mass is 10.2. The maximum Gasteiger partial charge on any atom is 0.244 e. The second-order valence-electron chi connectivity index (χ2n) is 6.88. The predicted octanol–water partition coefficient (Wildman–Crippen LogP) is 2.87. The summed E-state index contributed by atoms with van der Waals surface area (Å²) in [5, 5.41) is 0. The molecule has 1 saturated heterocycles. The van der Waals surface area contributed by atoms with Crippen LogP contribution in [0.1, 0.15) is 5.56 Å². The van der Waals surface area contributed by atoms with Gasteiger partial charge in [-0.15, -0.1) is 0 Å². The van der Waals surface area contributed by atoms with Crippen molar-refractivity contribution in [3.05, 3.63) is 64.6 Å². The van der Waals surface area contributed by atoms with Crippen LogP contribution in [0.25, 0.3) is 6.08 Å². The number of piperazine rings is 1. The zero-order valence-electron chi connectivity index (χ0n) is 16.0. The van der Waals surface area contributed by atoms with Gasteiger partial charge in [0.25, 0.3) is 0 Å². The van der Waals surface area contributed by atoms with Gasteiger partial charge in [0.1, 0.15) is 0 Å². The standard InChI is InChI=1S/C20H23BrN2O4S2/c1-28(24,25)18-9-10-19(21)20(16-18)29(26,27)23-14-12-22(13-15-23)11-5-8-17-6-3-2-4-7-17/h2-10,16H,11-15H2,1H3/b8-5+. The quantitative estimate of drug-likeness (QED) is 0.611. The molecule has 0 amide bonds. The molecule has 1 aliphatic rings. The summed E-state index contributed by atoms with van der Waals surface area (Å²) in [7, 11) is -7.28. The summed E-state index contributed by atoms with van der Waals surface area (Å²) in [4.78, 5) is 2.16. The third kappa shape index (κ3) is 5.55. The highest BCUT2D eigenvalue weighted by Crippen LogP contribution is 2.28. The van der Waals surface area contributed by atoms with E-state index in [-0.39, 0.29) is 9.79 Å². The van der Waals surface area contributed by atoms with Crippen molar-refractivity contribution in [2.24, 2.45) is 0 Å². The van der Waals surface area contributed by atoms with Gasteiger partial charge in [0.2, 0.25) is 10.0 Å². The van der Waals surface area contributed by atoms with Crippen molar-refractivity contribution in [1.29, 1.82) is 0 Å². The van der Waals surface area contributed by atoms with Crippen molar-refractivity contribution in [3.63, 3.8) is 0 Å². The van der Waals surface area contributed by atoms with Crippen LogP contribution >= 0.6 is 15.9 Å². The summed E-state index contributed by atoms with van der Waals surface area (Å²) in [6.07, 6.45) is 5.19. The number of hydrogen-bond acceptors (Lipinski definition) is 5. The molecule has 0 aliphatic carbocycles. The van der Waals surface area contributed by atoms with Crippen LogP contribution in [0.3, 0.4) is 0 Å². The van der Waals surface area contributed by atoms with Gasteiger partial charge >= 0.3 is 0 Å². The zero-order chi connectivity index (χ0) is 21.1. The molecule has 0 radical (unpaired) electrons. The average Bonchev–Trinajstić information content (AvgIpc) is 2.68. The summed E-state index contributed by atoms with van der Waals surface area (Å²) in [6, 6.07) is 14.1. The van der Waals surface area contributed by atoms with E-state index in [1.165, 1.54) is 22.5 Å². The van der Waals surface area contributed by atoms with E-state index in [1.54, 1.807) is 0 Å². The Hall–Kier alpha value is -1.52. The molecule has 1 fully saturated rings. The topological polar surface area (TPSA) is 74.8 Å². The molecule has 156 valence electrons. The zero-order valence-corrected chi connectivity index (χ0v) is 19.2. The van der Waals surface area contributed by atoms with Gasteiger partial charge in [-0.25, -0.2) is 16.8 Å². The van der Waals surface area contributed by atoms with Crippen LogP contribution in [-0.2, 0) is 19.9 Å². The maximum atomic E-state index is 13.1. The number of benzene rings is 2. The number of halogens is 1. The molecule has 29 heavy (non-hydrogen) atoms. The first kappa shape index (κ1) is 22.2. The minimum absolute atomic E-state index is 0.0102. The van der Waals surface area contributed by atoms with E-state index in [2.05, 4.69) is 33.0 Å². The fraction of sp³-hybridized carbons (Fsp3) is 0.300. The van der Waals surface area contributed by atoms with Gasteiger partial charge < -0.3 is 0 Å². The van der Waals surface area contributed by atoms with Crippen LogP contribution in [0.2, 0.25) is 0 Å². The van der Waals surface area contributed by atoms with Crippen molar-refractivity contribution in [1.82, 2.24) is 9.21 Å². The third-order valence-corrected chi connectivity index (χ3v) is 8.76. The molecule has 6 nitrogen and oxygen atoms in total. The third-order valence-electron chi connectivity index (χ3n) is 4.75. The molecule has 2 aromatic carbocycles. The van der Waals surface area contributed by atoms with Crippen molar-refractivity contribution in [3.8, 4) is 0 Å². The lowest BCUT2D eigenvalue weighted by molar-refractivity contribution is 0.204. The van der Waals surface area contributed by atoms with Crippen LogP contribution in [-0.4, -0.2) is 65.0 Å². The predicted molar refractivity (Wildman–Crippen MR) is 118 cm³/mol. The number of nitrogens with zero attached hydrogens (tertiary/aromatic N) is 2. The molecule has 2 aromatic rings. The largest absolute Gasteiger partial charge is 0.297 e. The lowest BCUT2D eigenvalue weighted by Gasteiger charge is -2.33. The minimum atomic E-state index is -3.79. The van der Waals surface area contributed by atoms with Gasteiger partial charge in [0.05, 0.1) is 9.79 Å². The van der Waals surface area contributed by atoms with Gasteiger partial charge in [-0.2, -0.15) is 4.31 Å². The molecule has 0 saturated carbocycles. The molecule has 0 aromatic heterocycles. The number of hydrogen-bond donors (Lipinski definition) is 0. The second kappa shape index (κ2) is 9.09. The van der Waals surface area contributed by atoms with E-state index in [0.717, 1.165) is 18.4 Å². The Morgan fingerprint density at radius 3 is 2.24 bits per heavy atom. The van der Waals surface area contributed by atoms with Crippen molar-refractivity contribution >= 4 is 41.9 Å². The van der Waals surface area contributed by atoms with Gasteiger partial charge in [-0.1, -0.05) is 42.5 Å². The van der Waals surface area contributed by atoms with E-state index in [4.69, 9.17) is 0 Å². The highest BCUT2D eigenvalue weighted by molar-refractivity contribution is 9.10. The Morgan fingerprint density at radius 1 is 0.966 bits per heavy atom. The molecule has 0 spiro atoms. The van der Waals surface area contributed by atoms with Crippen LogP contribution < -0.4 is 0 Å². The van der Waals surface area contributed by atoms with Gasteiger partial charge in [-0.3, -0.25) is 4.90 Å². The van der Waals surface area contributed by atoms with Crippen molar-refractivity contribution < 1.29 is 16.8 Å². The van der Waals surface area contributed by atoms with Gasteiger partial charge in [0, 0.05) is 43.5 Å². The molecule has 0 unspecified atom stereocenters. The highest BCUT2D eigenvalue weighted by Gasteiger charge is 2.30. The Labute approximate surface area is 180 Å². The van der Waals surface area contributed by atoms with E-state index >= 15 is 0 Å². The molecule has 1 aliphatic heterocycles. The molecule has 1 heterocycles. The highest BCUT2D eigenvalue weighted by atomic mass is 79.9. The fourth-order valence-corrected chi connectivity index (χ4v) is 6.20. The first-order valence-corrected chi connectivity index (χ1v) is 13.2. The first-order chi connectivity index (χ1) is 13.7. The smallest absolute Gasteiger partial charge is 0.244 e. The number of sulfonamides is 1. The Balaban J connectivity index is 1.66. The van der Waals surface area contributed by atoms with E-state index < -0.39 is 19.9 Å². The first-order valence-electron chi connectivity index (χ1n) is 9.11. The minimum Gasteiger partial charge on any atom is -0.297 e. The van der Waals surface area contributed by atoms with E-state index in [1.807, 2.05) is 30.3 Å². The maximum absolute atomic E-state index is 13.1. The van der Waals surface area contributed by atoms with Crippen LogP contribution in [0.15, 0.2) is 68.9 Å². The summed E-state index contributed by atoms with van der Waals surface area (Å²) < 4.78 is 51.5. The monoisotopic (exact) mass is 498 g/mol. The molecule has 9 heteroatoms. The van der Waals surface area contributed by atoms with Gasteiger partial charge in [0.15, 0.2) is 9.84 Å². The summed E-state index contributed by atoms with van der Waals surface area (Å²) in [6.45, 7) is 2.69. The van der Waals surface area contributed by atoms with Crippen LogP contribution in [0.5, 0.6) is 0 Å². The van der Waals surface area contributed by atoms with Crippen LogP contribution in [0, 0.1) is 0 Å². The Bertz CT molecular complexity index is 1090. The SMILES string of the molecule is CS(=O)(=O)c1ccc(Br)c(S(=O)(=O)N2CCN(C/C=C/c3ccccc3)CC2)c1. The number of sulfone groups is 1. The Kier molecular flexibility index (Phi) is 6.95. The summed E-state index contributed by atoms with van der Waals surface area (Å²) >= 11 is 3.25. The van der Waals surface area contributed by atoms with E-state index in [0.29, 0.717) is 30.7 Å². The molecule has 0 N–H and O–H groups in total. The van der Waals surface area contributed by atoms with E-state index in [9.17, 15) is 16.8 Å². The number of rotatable bonds is 6.